The van der Waals surface area contributed by atoms with Gasteiger partial charge < -0.3 is 0 Å². The van der Waals surface area contributed by atoms with E-state index in [-0.39, 0.29) is 32.7 Å². The minimum atomic E-state index is 0. The van der Waals surface area contributed by atoms with Crippen molar-refractivity contribution in [1.29, 1.82) is 0 Å². The average Bonchev–Trinajstić information content (AvgIpc) is 1.95. The van der Waals surface area contributed by atoms with E-state index in [1.807, 2.05) is 19.9 Å². The van der Waals surface area contributed by atoms with Crippen molar-refractivity contribution in [2.24, 2.45) is 5.11 Å². The summed E-state index contributed by atoms with van der Waals surface area (Å²) in [6, 6.07) is 6.72. The largest absolute Gasteiger partial charge is 0.177 e. The fourth-order valence-electron chi connectivity index (χ4n) is 0.887. The maximum atomic E-state index is 8.16. The Bertz CT molecular complexity index is 316. The van der Waals surface area contributed by atoms with Gasteiger partial charge in [-0.15, -0.1) is 5.11 Å². The molecule has 0 fully saturated rings. The van der Waals surface area contributed by atoms with E-state index in [1.165, 1.54) is 0 Å². The van der Waals surface area contributed by atoms with Crippen LogP contribution in [0.2, 0.25) is 0 Å². The molecule has 1 aromatic carbocycles. The number of hydrogen-bond acceptors (Lipinski definition) is 1. The van der Waals surface area contributed by atoms with Crippen LogP contribution in [-0.2, 0) is 32.7 Å². The van der Waals surface area contributed by atoms with Crippen molar-refractivity contribution >= 4 is 5.69 Å². The van der Waals surface area contributed by atoms with Crippen molar-refractivity contribution < 1.29 is 32.7 Å². The van der Waals surface area contributed by atoms with Crippen molar-refractivity contribution in [3.8, 4) is 0 Å². The van der Waals surface area contributed by atoms with Gasteiger partial charge in [-0.2, -0.15) is 29.3 Å². The Morgan fingerprint density at radius 3 is 2.58 bits per heavy atom. The quantitative estimate of drug-likeness (QED) is 0.311. The molecule has 1 rings (SSSR count). The normalized spacial score (nSPS) is 8.17. The zero-order valence-corrected chi connectivity index (χ0v) is 9.91. The van der Waals surface area contributed by atoms with Gasteiger partial charge in [-0.3, -0.25) is 0 Å². The maximum absolute atomic E-state index is 8.16. The second-order valence-corrected chi connectivity index (χ2v) is 2.34. The van der Waals surface area contributed by atoms with Gasteiger partial charge in [0.05, 0.1) is 0 Å². The van der Waals surface area contributed by atoms with Crippen LogP contribution < -0.4 is 0 Å². The smallest absolute Gasteiger partial charge is 0 e. The molecule has 0 aromatic heterocycles. The predicted octanol–water partition coefficient (Wildman–Crippen LogP) is 3.04. The summed E-state index contributed by atoms with van der Waals surface area (Å²) in [6.45, 7) is 3.82. The third-order valence-electron chi connectivity index (χ3n) is 1.41. The van der Waals surface area contributed by atoms with E-state index in [9.17, 15) is 0 Å². The second-order valence-electron chi connectivity index (χ2n) is 2.34. The third kappa shape index (κ3) is 2.94. The van der Waals surface area contributed by atoms with E-state index >= 15 is 0 Å². The first-order valence-corrected chi connectivity index (χ1v) is 3.28. The molecule has 0 saturated carbocycles. The summed E-state index contributed by atoms with van der Waals surface area (Å²) in [5, 5.41) is 3.50. The first kappa shape index (κ1) is 11.6. The predicted molar refractivity (Wildman–Crippen MR) is 43.6 cm³/mol. The van der Waals surface area contributed by atoms with Crippen LogP contribution in [0.1, 0.15) is 11.1 Å². The van der Waals surface area contributed by atoms with Gasteiger partial charge in [-0.25, -0.2) is 0 Å². The topological polar surface area (TPSA) is 48.8 Å². The SMILES string of the molecule is Cc1[c-]c(C)c(N=[N+]=[N-])cc1.[Y]. The molecular formula is C8H8N3Y-. The second kappa shape index (κ2) is 5.31. The standard InChI is InChI=1S/C8H8N3.Y/c1-6-3-4-8(10-11-9)7(2)5-6;/h3-4H,1-2H3;/q-1;. The summed E-state index contributed by atoms with van der Waals surface area (Å²) in [5.74, 6) is 0. The van der Waals surface area contributed by atoms with E-state index in [0.29, 0.717) is 5.69 Å². The molecule has 12 heavy (non-hydrogen) atoms. The van der Waals surface area contributed by atoms with E-state index in [0.717, 1.165) is 11.1 Å². The summed E-state index contributed by atoms with van der Waals surface area (Å²) in [4.78, 5) is 2.70. The molecule has 0 saturated heterocycles. The van der Waals surface area contributed by atoms with Gasteiger partial charge >= 0.3 is 0 Å². The van der Waals surface area contributed by atoms with Crippen molar-refractivity contribution in [2.45, 2.75) is 13.8 Å². The fraction of sp³-hybridized carbons (Fsp3) is 0.250. The molecule has 3 nitrogen and oxygen atoms in total. The van der Waals surface area contributed by atoms with Crippen LogP contribution in [0.5, 0.6) is 0 Å². The van der Waals surface area contributed by atoms with Crippen molar-refractivity contribution in [3.63, 3.8) is 0 Å². The molecule has 0 amide bonds. The summed E-state index contributed by atoms with van der Waals surface area (Å²) in [5.41, 5.74) is 10.8. The Balaban J connectivity index is 0.00000121. The zero-order chi connectivity index (χ0) is 8.27. The van der Waals surface area contributed by atoms with Crippen LogP contribution in [0.25, 0.3) is 10.4 Å². The number of nitrogens with zero attached hydrogens (tertiary/aromatic N) is 3. The molecule has 1 radical (unpaired) electrons. The number of azide groups is 1. The number of rotatable bonds is 1. The van der Waals surface area contributed by atoms with Gasteiger partial charge in [0, 0.05) is 32.7 Å². The van der Waals surface area contributed by atoms with E-state index in [1.54, 1.807) is 6.07 Å². The monoisotopic (exact) mass is 235 g/mol. The molecule has 0 bridgehead atoms. The van der Waals surface area contributed by atoms with Gasteiger partial charge in [0.25, 0.3) is 0 Å². The molecule has 0 aliphatic heterocycles. The summed E-state index contributed by atoms with van der Waals surface area (Å²) in [7, 11) is 0. The van der Waals surface area contributed by atoms with Crippen molar-refractivity contribution in [2.75, 3.05) is 0 Å². The van der Waals surface area contributed by atoms with Gasteiger partial charge in [0.2, 0.25) is 0 Å². The summed E-state index contributed by atoms with van der Waals surface area (Å²) < 4.78 is 0. The summed E-state index contributed by atoms with van der Waals surface area (Å²) in [6.07, 6.45) is 0. The molecule has 0 aliphatic carbocycles. The first-order valence-electron chi connectivity index (χ1n) is 3.28. The fourth-order valence-corrected chi connectivity index (χ4v) is 0.887. The summed E-state index contributed by atoms with van der Waals surface area (Å²) >= 11 is 0. The number of benzene rings is 1. The molecule has 0 N–H and O–H groups in total. The Labute approximate surface area is 96.7 Å². The van der Waals surface area contributed by atoms with E-state index in [2.05, 4.69) is 16.1 Å². The molecule has 1 aromatic rings. The van der Waals surface area contributed by atoms with Crippen LogP contribution >= 0.6 is 0 Å². The van der Waals surface area contributed by atoms with Crippen LogP contribution in [0, 0.1) is 19.9 Å². The van der Waals surface area contributed by atoms with Gasteiger partial charge in [0.1, 0.15) is 0 Å². The van der Waals surface area contributed by atoms with Crippen molar-refractivity contribution in [3.05, 3.63) is 39.8 Å². The Hall–Kier alpha value is -0.366. The molecule has 0 unspecified atom stereocenters. The molecule has 0 atom stereocenters. The molecule has 59 valence electrons. The third-order valence-corrected chi connectivity index (χ3v) is 1.41. The zero-order valence-electron chi connectivity index (χ0n) is 7.07. The minimum absolute atomic E-state index is 0. The molecule has 0 heterocycles. The van der Waals surface area contributed by atoms with Crippen LogP contribution in [-0.4, -0.2) is 0 Å². The van der Waals surface area contributed by atoms with Crippen LogP contribution in [0.3, 0.4) is 0 Å². The first-order chi connectivity index (χ1) is 5.24. The van der Waals surface area contributed by atoms with Gasteiger partial charge in [0.15, 0.2) is 0 Å². The number of aryl methyl sites for hydroxylation is 2. The Morgan fingerprint density at radius 1 is 1.42 bits per heavy atom. The number of hydrogen-bond donors (Lipinski definition) is 0. The molecule has 4 heteroatoms. The molecular weight excluding hydrogens is 227 g/mol. The average molecular weight is 235 g/mol. The van der Waals surface area contributed by atoms with Crippen molar-refractivity contribution in [1.82, 2.24) is 0 Å². The Kier molecular flexibility index (Phi) is 5.15. The molecule has 0 aliphatic rings. The Morgan fingerprint density at radius 2 is 2.08 bits per heavy atom. The molecule has 0 spiro atoms. The van der Waals surface area contributed by atoms with Gasteiger partial charge in [-0.05, 0) is 10.4 Å². The maximum Gasteiger partial charge on any atom is 0 e. The van der Waals surface area contributed by atoms with Crippen LogP contribution in [0.4, 0.5) is 5.69 Å². The van der Waals surface area contributed by atoms with Crippen LogP contribution in [0.15, 0.2) is 17.2 Å². The van der Waals surface area contributed by atoms with Gasteiger partial charge in [-0.1, -0.05) is 19.5 Å². The minimum Gasteiger partial charge on any atom is -0.177 e. The van der Waals surface area contributed by atoms with E-state index < -0.39 is 0 Å². The van der Waals surface area contributed by atoms with E-state index in [4.69, 9.17) is 5.53 Å².